The number of likely N-dealkylation sites (tertiary alicyclic amines) is 1. The van der Waals surface area contributed by atoms with Gasteiger partial charge in [-0.1, -0.05) is 12.1 Å². The van der Waals surface area contributed by atoms with E-state index < -0.39 is 0 Å². The third-order valence-corrected chi connectivity index (χ3v) is 4.95. The van der Waals surface area contributed by atoms with E-state index in [0.717, 1.165) is 30.8 Å². The van der Waals surface area contributed by atoms with Crippen LogP contribution in [0.2, 0.25) is 0 Å². The second-order valence-electron chi connectivity index (χ2n) is 6.64. The maximum Gasteiger partial charge on any atom is 0.253 e. The molecule has 1 saturated heterocycles. The highest BCUT2D eigenvalue weighted by Crippen LogP contribution is 2.30. The normalized spacial score (nSPS) is 15.0. The standard InChI is InChI=1S/C21H24FNO3/c1-25-19-7-6-16(13-20(19)26-2)12-15-8-10-23(11-9-15)21(24)17-4-3-5-18(22)14-17/h3-7,13-15H,8-12H2,1-2H3. The number of benzene rings is 2. The zero-order chi connectivity index (χ0) is 18.5. The average Bonchev–Trinajstić information content (AvgIpc) is 2.68. The molecule has 1 amide bonds. The van der Waals surface area contributed by atoms with E-state index in [4.69, 9.17) is 9.47 Å². The number of nitrogens with zero attached hydrogens (tertiary/aromatic N) is 1. The Bertz CT molecular complexity index is 770. The Labute approximate surface area is 153 Å². The van der Waals surface area contributed by atoms with Crippen LogP contribution in [0.4, 0.5) is 4.39 Å². The predicted molar refractivity (Wildman–Crippen MR) is 98.3 cm³/mol. The number of ether oxygens (including phenoxy) is 2. The smallest absolute Gasteiger partial charge is 0.253 e. The first-order valence-electron chi connectivity index (χ1n) is 8.86. The van der Waals surface area contributed by atoms with Gasteiger partial charge in [-0.3, -0.25) is 4.79 Å². The summed E-state index contributed by atoms with van der Waals surface area (Å²) >= 11 is 0. The van der Waals surface area contributed by atoms with Gasteiger partial charge in [-0.15, -0.1) is 0 Å². The number of methoxy groups -OCH3 is 2. The first-order valence-corrected chi connectivity index (χ1v) is 8.86. The monoisotopic (exact) mass is 357 g/mol. The summed E-state index contributed by atoms with van der Waals surface area (Å²) in [6.45, 7) is 1.40. The zero-order valence-corrected chi connectivity index (χ0v) is 15.2. The van der Waals surface area contributed by atoms with Gasteiger partial charge in [0.05, 0.1) is 14.2 Å². The van der Waals surface area contributed by atoms with Gasteiger partial charge in [0.1, 0.15) is 5.82 Å². The number of hydrogen-bond donors (Lipinski definition) is 0. The Morgan fingerprint density at radius 2 is 1.81 bits per heavy atom. The number of piperidine rings is 1. The summed E-state index contributed by atoms with van der Waals surface area (Å²) < 4.78 is 24.0. The minimum absolute atomic E-state index is 0.0888. The average molecular weight is 357 g/mol. The number of rotatable bonds is 5. The molecular weight excluding hydrogens is 333 g/mol. The fourth-order valence-corrected chi connectivity index (χ4v) is 3.49. The Kier molecular flexibility index (Phi) is 5.76. The van der Waals surface area contributed by atoms with Crippen LogP contribution in [0.3, 0.4) is 0 Å². The molecule has 3 rings (SSSR count). The van der Waals surface area contributed by atoms with E-state index >= 15 is 0 Å². The lowest BCUT2D eigenvalue weighted by Crippen LogP contribution is -2.38. The van der Waals surface area contributed by atoms with Crippen LogP contribution in [-0.4, -0.2) is 38.1 Å². The Balaban J connectivity index is 1.58. The summed E-state index contributed by atoms with van der Waals surface area (Å²) in [5, 5.41) is 0. The van der Waals surface area contributed by atoms with Crippen LogP contribution < -0.4 is 9.47 Å². The molecule has 2 aromatic rings. The van der Waals surface area contributed by atoms with Crippen molar-refractivity contribution in [1.29, 1.82) is 0 Å². The van der Waals surface area contributed by atoms with Crippen molar-refractivity contribution in [2.75, 3.05) is 27.3 Å². The Morgan fingerprint density at radius 1 is 1.08 bits per heavy atom. The van der Waals surface area contributed by atoms with Gasteiger partial charge >= 0.3 is 0 Å². The van der Waals surface area contributed by atoms with Crippen LogP contribution in [0.25, 0.3) is 0 Å². The maximum atomic E-state index is 13.3. The van der Waals surface area contributed by atoms with Crippen molar-refractivity contribution in [1.82, 2.24) is 4.90 Å². The van der Waals surface area contributed by atoms with Crippen molar-refractivity contribution >= 4 is 5.91 Å². The van der Waals surface area contributed by atoms with Gasteiger partial charge in [-0.05, 0) is 61.1 Å². The topological polar surface area (TPSA) is 38.8 Å². The van der Waals surface area contributed by atoms with Crippen molar-refractivity contribution in [3.8, 4) is 11.5 Å². The molecule has 138 valence electrons. The van der Waals surface area contributed by atoms with E-state index in [9.17, 15) is 9.18 Å². The van der Waals surface area contributed by atoms with Crippen molar-refractivity contribution < 1.29 is 18.7 Å². The van der Waals surface area contributed by atoms with Gasteiger partial charge in [0.15, 0.2) is 11.5 Å². The van der Waals surface area contributed by atoms with Gasteiger partial charge in [-0.25, -0.2) is 4.39 Å². The lowest BCUT2D eigenvalue weighted by Gasteiger charge is -2.32. The molecule has 0 unspecified atom stereocenters. The fourth-order valence-electron chi connectivity index (χ4n) is 3.49. The first kappa shape index (κ1) is 18.2. The molecule has 0 spiro atoms. The SMILES string of the molecule is COc1ccc(CC2CCN(C(=O)c3cccc(F)c3)CC2)cc1OC. The van der Waals surface area contributed by atoms with Crippen molar-refractivity contribution in [3.05, 3.63) is 59.4 Å². The van der Waals surface area contributed by atoms with Gasteiger partial charge in [0.2, 0.25) is 0 Å². The van der Waals surface area contributed by atoms with Gasteiger partial charge in [0.25, 0.3) is 5.91 Å². The Hall–Kier alpha value is -2.56. The minimum Gasteiger partial charge on any atom is -0.493 e. The zero-order valence-electron chi connectivity index (χ0n) is 15.2. The molecule has 0 aromatic heterocycles. The molecule has 2 aromatic carbocycles. The third kappa shape index (κ3) is 4.15. The second kappa shape index (κ2) is 8.21. The summed E-state index contributed by atoms with van der Waals surface area (Å²) in [5.41, 5.74) is 1.63. The fraction of sp³-hybridized carbons (Fsp3) is 0.381. The molecule has 1 aliphatic rings. The predicted octanol–water partition coefficient (Wildman–Crippen LogP) is 3.94. The molecule has 26 heavy (non-hydrogen) atoms. The molecule has 5 heteroatoms. The molecule has 4 nitrogen and oxygen atoms in total. The molecule has 1 fully saturated rings. The summed E-state index contributed by atoms with van der Waals surface area (Å²) in [6, 6.07) is 11.9. The van der Waals surface area contributed by atoms with Gasteiger partial charge < -0.3 is 14.4 Å². The largest absolute Gasteiger partial charge is 0.493 e. The van der Waals surface area contributed by atoms with Crippen molar-refractivity contribution in [3.63, 3.8) is 0 Å². The molecule has 0 aliphatic carbocycles. The summed E-state index contributed by atoms with van der Waals surface area (Å²) in [5.74, 6) is 1.52. The van der Waals surface area contributed by atoms with E-state index in [-0.39, 0.29) is 11.7 Å². The van der Waals surface area contributed by atoms with Gasteiger partial charge in [0, 0.05) is 18.7 Å². The number of halogens is 1. The molecule has 0 atom stereocenters. The van der Waals surface area contributed by atoms with Crippen molar-refractivity contribution in [2.45, 2.75) is 19.3 Å². The highest BCUT2D eigenvalue weighted by atomic mass is 19.1. The van der Waals surface area contributed by atoms with Crippen LogP contribution in [0.15, 0.2) is 42.5 Å². The highest BCUT2D eigenvalue weighted by Gasteiger charge is 2.24. The number of amides is 1. The van der Waals surface area contributed by atoms with Crippen LogP contribution >= 0.6 is 0 Å². The molecular formula is C21H24FNO3. The van der Waals surface area contributed by atoms with Crippen LogP contribution in [0.1, 0.15) is 28.8 Å². The molecule has 1 aliphatic heterocycles. The summed E-state index contributed by atoms with van der Waals surface area (Å²) in [7, 11) is 3.26. The first-order chi connectivity index (χ1) is 12.6. The number of carbonyl (C=O) groups excluding carboxylic acids is 1. The molecule has 0 radical (unpaired) electrons. The maximum absolute atomic E-state index is 13.3. The van der Waals surface area contributed by atoms with Crippen LogP contribution in [0, 0.1) is 11.7 Å². The highest BCUT2D eigenvalue weighted by molar-refractivity contribution is 5.94. The number of carbonyl (C=O) groups is 1. The van der Waals surface area contributed by atoms with Crippen LogP contribution in [0.5, 0.6) is 11.5 Å². The third-order valence-electron chi connectivity index (χ3n) is 4.95. The second-order valence-corrected chi connectivity index (χ2v) is 6.64. The van der Waals surface area contributed by atoms with Crippen molar-refractivity contribution in [2.24, 2.45) is 5.92 Å². The van der Waals surface area contributed by atoms with E-state index in [2.05, 4.69) is 6.07 Å². The lowest BCUT2D eigenvalue weighted by molar-refractivity contribution is 0.0690. The van der Waals surface area contributed by atoms with E-state index in [1.54, 1.807) is 26.4 Å². The molecule has 1 heterocycles. The van der Waals surface area contributed by atoms with E-state index in [1.165, 1.54) is 17.7 Å². The van der Waals surface area contributed by atoms with E-state index in [0.29, 0.717) is 24.6 Å². The quantitative estimate of drug-likeness (QED) is 0.814. The molecule has 0 N–H and O–H groups in total. The molecule has 0 bridgehead atoms. The van der Waals surface area contributed by atoms with Gasteiger partial charge in [-0.2, -0.15) is 0 Å². The molecule has 0 saturated carbocycles. The van der Waals surface area contributed by atoms with E-state index in [1.807, 2.05) is 17.0 Å². The van der Waals surface area contributed by atoms with Crippen LogP contribution in [-0.2, 0) is 6.42 Å². The summed E-state index contributed by atoms with van der Waals surface area (Å²) in [6.07, 6.45) is 2.83. The Morgan fingerprint density at radius 3 is 2.46 bits per heavy atom. The summed E-state index contributed by atoms with van der Waals surface area (Å²) in [4.78, 5) is 14.3. The lowest BCUT2D eigenvalue weighted by atomic mass is 9.90. The minimum atomic E-state index is -0.376. The number of hydrogen-bond acceptors (Lipinski definition) is 3.